The first kappa shape index (κ1) is 23.7. The number of nitrogens with one attached hydrogen (secondary N) is 1. The fourth-order valence-electron chi connectivity index (χ4n) is 3.82. The van der Waals surface area contributed by atoms with Crippen molar-refractivity contribution in [3.05, 3.63) is 0 Å². The second-order valence-corrected chi connectivity index (χ2v) is 9.14. The Kier molecular flexibility index (Phi) is 7.70. The summed E-state index contributed by atoms with van der Waals surface area (Å²) in [6.45, 7) is 13.7. The molecule has 7 heteroatoms. The molecule has 1 aliphatic heterocycles. The van der Waals surface area contributed by atoms with E-state index in [0.717, 1.165) is 6.42 Å². The van der Waals surface area contributed by atoms with Gasteiger partial charge in [0.05, 0.1) is 12.6 Å². The molecule has 1 heterocycles. The van der Waals surface area contributed by atoms with Crippen LogP contribution in [-0.4, -0.2) is 58.6 Å². The molecule has 0 spiro atoms. The number of carbonyl (C=O) groups excluding carboxylic acids is 1. The van der Waals surface area contributed by atoms with E-state index in [4.69, 9.17) is 9.47 Å². The molecule has 1 fully saturated rings. The van der Waals surface area contributed by atoms with Crippen LogP contribution in [0.1, 0.15) is 74.1 Å². The highest BCUT2D eigenvalue weighted by molar-refractivity contribution is 5.69. The Morgan fingerprint density at radius 2 is 1.93 bits per heavy atom. The Bertz CT molecular complexity index is 523. The van der Waals surface area contributed by atoms with Crippen molar-refractivity contribution < 1.29 is 24.2 Å². The molecule has 0 aliphatic carbocycles. The first-order chi connectivity index (χ1) is 12.3. The Labute approximate surface area is 163 Å². The van der Waals surface area contributed by atoms with Gasteiger partial charge in [0.15, 0.2) is 0 Å². The number of esters is 1. The van der Waals surface area contributed by atoms with Gasteiger partial charge in [-0.05, 0) is 73.8 Å². The van der Waals surface area contributed by atoms with Crippen molar-refractivity contribution in [3.8, 4) is 0 Å². The Hall–Kier alpha value is -1.34. The quantitative estimate of drug-likeness (QED) is 0.620. The molecule has 1 aliphatic rings. The number of nitrogens with zero attached hydrogens (tertiary/aromatic N) is 1. The van der Waals surface area contributed by atoms with Crippen LogP contribution in [0.3, 0.4) is 0 Å². The van der Waals surface area contributed by atoms with E-state index in [9.17, 15) is 14.7 Å². The minimum atomic E-state index is -0.976. The van der Waals surface area contributed by atoms with E-state index in [-0.39, 0.29) is 23.5 Å². The zero-order valence-electron chi connectivity index (χ0n) is 18.2. The van der Waals surface area contributed by atoms with Gasteiger partial charge in [0.25, 0.3) is 0 Å². The van der Waals surface area contributed by atoms with Gasteiger partial charge in [-0.15, -0.1) is 0 Å². The van der Waals surface area contributed by atoms with Gasteiger partial charge in [0.1, 0.15) is 11.3 Å². The smallest absolute Gasteiger partial charge is 0.409 e. The van der Waals surface area contributed by atoms with Gasteiger partial charge in [0, 0.05) is 12.0 Å². The maximum absolute atomic E-state index is 12.2. The average Bonchev–Trinajstić information content (AvgIpc) is 2.83. The van der Waals surface area contributed by atoms with E-state index >= 15 is 0 Å². The summed E-state index contributed by atoms with van der Waals surface area (Å²) in [6, 6.07) is -0.236. The molecule has 0 aromatic rings. The highest BCUT2D eigenvalue weighted by atomic mass is 16.6. The van der Waals surface area contributed by atoms with Crippen molar-refractivity contribution in [3.63, 3.8) is 0 Å². The summed E-state index contributed by atoms with van der Waals surface area (Å²) < 4.78 is 11.2. The number of amides is 1. The van der Waals surface area contributed by atoms with E-state index in [1.807, 2.05) is 27.8 Å². The molecule has 3 unspecified atom stereocenters. The lowest BCUT2D eigenvalue weighted by atomic mass is 9.76. The summed E-state index contributed by atoms with van der Waals surface area (Å²) in [5.74, 6) is -0.121. The fraction of sp³-hybridized carbons (Fsp3) is 0.900. The first-order valence-electron chi connectivity index (χ1n) is 9.82. The maximum atomic E-state index is 12.2. The lowest BCUT2D eigenvalue weighted by molar-refractivity contribution is -0.155. The zero-order chi connectivity index (χ0) is 21.0. The first-order valence-corrected chi connectivity index (χ1v) is 9.82. The van der Waals surface area contributed by atoms with Crippen molar-refractivity contribution in [2.24, 2.45) is 5.92 Å². The minimum Gasteiger partial charge on any atom is -0.465 e. The summed E-state index contributed by atoms with van der Waals surface area (Å²) in [5, 5.41) is 13.0. The van der Waals surface area contributed by atoms with Crippen molar-refractivity contribution in [1.29, 1.82) is 0 Å². The topological polar surface area (TPSA) is 88.1 Å². The molecule has 0 bridgehead atoms. The van der Waals surface area contributed by atoms with Gasteiger partial charge in [-0.2, -0.15) is 0 Å². The van der Waals surface area contributed by atoms with Gasteiger partial charge in [-0.1, -0.05) is 6.92 Å². The van der Waals surface area contributed by atoms with E-state index in [2.05, 4.69) is 19.2 Å². The molecule has 1 rings (SSSR count). The summed E-state index contributed by atoms with van der Waals surface area (Å²) in [7, 11) is 1.91. The number of rotatable bonds is 8. The fourth-order valence-corrected chi connectivity index (χ4v) is 3.82. The lowest BCUT2D eigenvalue weighted by Gasteiger charge is -2.40. The lowest BCUT2D eigenvalue weighted by Crippen LogP contribution is -2.52. The average molecular weight is 387 g/mol. The summed E-state index contributed by atoms with van der Waals surface area (Å²) >= 11 is 0. The third-order valence-electron chi connectivity index (χ3n) is 5.66. The molecule has 27 heavy (non-hydrogen) atoms. The second kappa shape index (κ2) is 8.78. The van der Waals surface area contributed by atoms with Crippen LogP contribution >= 0.6 is 0 Å². The van der Waals surface area contributed by atoms with E-state index in [0.29, 0.717) is 25.9 Å². The molecular formula is C20H38N2O5. The maximum Gasteiger partial charge on any atom is 0.409 e. The van der Waals surface area contributed by atoms with Crippen molar-refractivity contribution in [2.75, 3.05) is 13.7 Å². The molecule has 0 aromatic carbocycles. The van der Waals surface area contributed by atoms with Crippen LogP contribution < -0.4 is 5.32 Å². The van der Waals surface area contributed by atoms with Gasteiger partial charge in [-0.3, -0.25) is 9.69 Å². The summed E-state index contributed by atoms with van der Waals surface area (Å²) in [6.07, 6.45) is 1.46. The molecule has 2 N–H and O–H groups in total. The molecule has 1 saturated heterocycles. The van der Waals surface area contributed by atoms with E-state index in [1.165, 1.54) is 4.90 Å². The standard InChI is InChI=1S/C20H38N2O5/c1-9-20(7,21-8)14(10-11-16(23)27-18(2,3)4)12-15-13-26-19(5,6)22(15)17(24)25/h14-15,21H,9-13H2,1-8H3,(H,24,25). The normalized spacial score (nSPS) is 23.0. The Balaban J connectivity index is 2.93. The molecule has 158 valence electrons. The number of hydrogen-bond donors (Lipinski definition) is 2. The summed E-state index contributed by atoms with van der Waals surface area (Å²) in [4.78, 5) is 25.4. The third-order valence-corrected chi connectivity index (χ3v) is 5.66. The molecule has 0 radical (unpaired) electrons. The molecule has 7 nitrogen and oxygen atoms in total. The Morgan fingerprint density at radius 3 is 2.37 bits per heavy atom. The second-order valence-electron chi connectivity index (χ2n) is 9.14. The van der Waals surface area contributed by atoms with Crippen LogP contribution in [0.15, 0.2) is 0 Å². The number of carboxylic acid groups (broad SMARTS) is 1. The third kappa shape index (κ3) is 6.35. The largest absolute Gasteiger partial charge is 0.465 e. The van der Waals surface area contributed by atoms with Gasteiger partial charge in [-0.25, -0.2) is 4.79 Å². The zero-order valence-corrected chi connectivity index (χ0v) is 18.2. The molecule has 1 amide bonds. The van der Waals surface area contributed by atoms with Crippen LogP contribution in [-0.2, 0) is 14.3 Å². The van der Waals surface area contributed by atoms with Crippen molar-refractivity contribution in [2.45, 2.75) is 97.1 Å². The van der Waals surface area contributed by atoms with E-state index in [1.54, 1.807) is 13.8 Å². The molecular weight excluding hydrogens is 348 g/mol. The van der Waals surface area contributed by atoms with Crippen LogP contribution in [0.5, 0.6) is 0 Å². The molecule has 0 saturated carbocycles. The van der Waals surface area contributed by atoms with E-state index < -0.39 is 17.4 Å². The van der Waals surface area contributed by atoms with Crippen LogP contribution in [0.25, 0.3) is 0 Å². The SMILES string of the molecule is CCC(C)(NC)C(CCC(=O)OC(C)(C)C)CC1COC(C)(C)N1C(=O)O. The number of hydrogen-bond acceptors (Lipinski definition) is 5. The predicted octanol–water partition coefficient (Wildman–Crippen LogP) is 3.62. The Morgan fingerprint density at radius 1 is 1.33 bits per heavy atom. The van der Waals surface area contributed by atoms with Crippen LogP contribution in [0.4, 0.5) is 4.79 Å². The van der Waals surface area contributed by atoms with Crippen molar-refractivity contribution in [1.82, 2.24) is 10.2 Å². The predicted molar refractivity (Wildman–Crippen MR) is 105 cm³/mol. The van der Waals surface area contributed by atoms with Gasteiger partial charge >= 0.3 is 12.1 Å². The van der Waals surface area contributed by atoms with Crippen LogP contribution in [0.2, 0.25) is 0 Å². The highest BCUT2D eigenvalue weighted by Crippen LogP contribution is 2.36. The number of carbonyl (C=O) groups is 2. The minimum absolute atomic E-state index is 0.101. The van der Waals surface area contributed by atoms with Gasteiger partial charge in [0.2, 0.25) is 0 Å². The molecule has 3 atom stereocenters. The highest BCUT2D eigenvalue weighted by Gasteiger charge is 2.46. The van der Waals surface area contributed by atoms with Crippen molar-refractivity contribution >= 4 is 12.1 Å². The monoisotopic (exact) mass is 386 g/mol. The summed E-state index contributed by atoms with van der Waals surface area (Å²) in [5.41, 5.74) is -1.56. The number of ether oxygens (including phenoxy) is 2. The molecule has 0 aromatic heterocycles. The van der Waals surface area contributed by atoms with Crippen LogP contribution in [0, 0.1) is 5.92 Å². The van der Waals surface area contributed by atoms with Gasteiger partial charge < -0.3 is 19.9 Å².